The third kappa shape index (κ3) is 2.86. The van der Waals surface area contributed by atoms with Crippen molar-refractivity contribution in [1.29, 1.82) is 0 Å². The van der Waals surface area contributed by atoms with Crippen LogP contribution in [0, 0.1) is 5.92 Å². The molecule has 1 heterocycles. The molecule has 7 heteroatoms. The van der Waals surface area contributed by atoms with E-state index >= 15 is 0 Å². The first-order valence-electron chi connectivity index (χ1n) is 6.58. The van der Waals surface area contributed by atoms with Gasteiger partial charge in [0.25, 0.3) is 5.91 Å². The topological polar surface area (TPSA) is 108 Å². The van der Waals surface area contributed by atoms with Crippen molar-refractivity contribution in [2.45, 2.75) is 6.42 Å². The van der Waals surface area contributed by atoms with Crippen molar-refractivity contribution in [2.75, 3.05) is 33.0 Å². The Morgan fingerprint density at radius 1 is 1.29 bits per heavy atom. The molecule has 114 valence electrons. The minimum absolute atomic E-state index is 0.255. The van der Waals surface area contributed by atoms with Crippen LogP contribution < -0.4 is 20.9 Å². The molecule has 0 spiro atoms. The summed E-state index contributed by atoms with van der Waals surface area (Å²) in [7, 11) is 2.97. The smallest absolute Gasteiger partial charge is 0.256 e. The van der Waals surface area contributed by atoms with Gasteiger partial charge in [-0.3, -0.25) is 9.59 Å². The number of nitrogens with zero attached hydrogens (tertiary/aromatic N) is 1. The Labute approximate surface area is 122 Å². The Balaban J connectivity index is 2.29. The Hall–Kier alpha value is -2.44. The molecule has 0 saturated carbocycles. The molecule has 1 fully saturated rings. The van der Waals surface area contributed by atoms with Crippen LogP contribution in [0.2, 0.25) is 0 Å². The lowest BCUT2D eigenvalue weighted by atomic mass is 10.1. The van der Waals surface area contributed by atoms with Crippen LogP contribution in [-0.4, -0.2) is 44.0 Å². The molecule has 21 heavy (non-hydrogen) atoms. The van der Waals surface area contributed by atoms with E-state index in [1.54, 1.807) is 17.0 Å². The van der Waals surface area contributed by atoms with Gasteiger partial charge in [-0.25, -0.2) is 0 Å². The number of carbonyl (C=O) groups is 2. The zero-order valence-electron chi connectivity index (χ0n) is 12.1. The Morgan fingerprint density at radius 3 is 2.52 bits per heavy atom. The van der Waals surface area contributed by atoms with E-state index in [0.717, 1.165) is 0 Å². The maximum absolute atomic E-state index is 12.6. The summed E-state index contributed by atoms with van der Waals surface area (Å²) >= 11 is 0. The third-order valence-electron chi connectivity index (χ3n) is 3.68. The van der Waals surface area contributed by atoms with E-state index < -0.39 is 0 Å². The van der Waals surface area contributed by atoms with Gasteiger partial charge in [-0.15, -0.1) is 0 Å². The number of primary amides is 1. The van der Waals surface area contributed by atoms with Crippen molar-refractivity contribution < 1.29 is 19.1 Å². The molecule has 2 rings (SSSR count). The van der Waals surface area contributed by atoms with Crippen LogP contribution in [0.15, 0.2) is 12.1 Å². The summed E-state index contributed by atoms with van der Waals surface area (Å²) in [6, 6.07) is 3.18. The van der Waals surface area contributed by atoms with E-state index in [2.05, 4.69) is 0 Å². The molecule has 1 aliphatic heterocycles. The zero-order chi connectivity index (χ0) is 15.6. The van der Waals surface area contributed by atoms with Gasteiger partial charge >= 0.3 is 0 Å². The van der Waals surface area contributed by atoms with Crippen LogP contribution in [0.1, 0.15) is 16.8 Å². The summed E-state index contributed by atoms with van der Waals surface area (Å²) in [5.74, 6) is -0.0870. The van der Waals surface area contributed by atoms with E-state index in [9.17, 15) is 9.59 Å². The van der Waals surface area contributed by atoms with Gasteiger partial charge in [0.2, 0.25) is 5.91 Å². The van der Waals surface area contributed by atoms with Crippen LogP contribution >= 0.6 is 0 Å². The first-order chi connectivity index (χ1) is 9.97. The Morgan fingerprint density at radius 2 is 2.00 bits per heavy atom. The molecule has 4 N–H and O–H groups in total. The number of rotatable bonds is 4. The summed E-state index contributed by atoms with van der Waals surface area (Å²) in [5, 5.41) is 0. The highest BCUT2D eigenvalue weighted by Crippen LogP contribution is 2.32. The number of anilines is 1. The number of hydrogen-bond acceptors (Lipinski definition) is 5. The minimum Gasteiger partial charge on any atom is -0.497 e. The number of methoxy groups -OCH3 is 2. The second kappa shape index (κ2) is 5.90. The highest BCUT2D eigenvalue weighted by molar-refractivity contribution is 6.01. The monoisotopic (exact) mass is 293 g/mol. The summed E-state index contributed by atoms with van der Waals surface area (Å²) in [4.78, 5) is 25.3. The van der Waals surface area contributed by atoms with Gasteiger partial charge in [-0.05, 0) is 12.5 Å². The summed E-state index contributed by atoms with van der Waals surface area (Å²) in [6.45, 7) is 0.790. The van der Waals surface area contributed by atoms with Crippen LogP contribution in [-0.2, 0) is 4.79 Å². The van der Waals surface area contributed by atoms with E-state index in [1.165, 1.54) is 14.2 Å². The molecular weight excluding hydrogens is 274 g/mol. The molecular formula is C14H19N3O4. The molecule has 7 nitrogen and oxygen atoms in total. The molecule has 0 bridgehead atoms. The predicted octanol–water partition coefficient (Wildman–Crippen LogP) is 0.233. The number of likely N-dealkylation sites (tertiary alicyclic amines) is 1. The quantitative estimate of drug-likeness (QED) is 0.773. The van der Waals surface area contributed by atoms with Crippen molar-refractivity contribution >= 4 is 17.5 Å². The van der Waals surface area contributed by atoms with E-state index in [0.29, 0.717) is 36.6 Å². The molecule has 2 amide bonds. The number of benzene rings is 1. The molecule has 0 aromatic heterocycles. The normalized spacial score (nSPS) is 17.6. The highest BCUT2D eigenvalue weighted by Gasteiger charge is 2.31. The summed E-state index contributed by atoms with van der Waals surface area (Å²) in [5.41, 5.74) is 11.8. The standard InChI is InChI=1S/C14H19N3O4/c1-20-9-5-10(12(15)11(6-9)21-2)14(19)17-4-3-8(7-17)13(16)18/h5-6,8H,3-4,7,15H2,1-2H3,(H2,16,18). The summed E-state index contributed by atoms with van der Waals surface area (Å²) in [6.07, 6.45) is 0.572. The van der Waals surface area contributed by atoms with Gasteiger partial charge in [0.15, 0.2) is 0 Å². The van der Waals surface area contributed by atoms with Gasteiger partial charge in [0.05, 0.1) is 31.4 Å². The van der Waals surface area contributed by atoms with Crippen LogP contribution in [0.4, 0.5) is 5.69 Å². The SMILES string of the molecule is COc1cc(OC)c(N)c(C(=O)N2CCC(C(N)=O)C2)c1. The zero-order valence-corrected chi connectivity index (χ0v) is 12.1. The second-order valence-electron chi connectivity index (χ2n) is 4.93. The predicted molar refractivity (Wildman–Crippen MR) is 77.2 cm³/mol. The lowest BCUT2D eigenvalue weighted by Gasteiger charge is -2.19. The fourth-order valence-electron chi connectivity index (χ4n) is 2.41. The number of carbonyl (C=O) groups excluding carboxylic acids is 2. The first kappa shape index (κ1) is 15.0. The highest BCUT2D eigenvalue weighted by atomic mass is 16.5. The van der Waals surface area contributed by atoms with E-state index in [-0.39, 0.29) is 23.4 Å². The largest absolute Gasteiger partial charge is 0.497 e. The first-order valence-corrected chi connectivity index (χ1v) is 6.58. The number of hydrogen-bond donors (Lipinski definition) is 2. The van der Waals surface area contributed by atoms with Crippen molar-refractivity contribution in [2.24, 2.45) is 11.7 Å². The summed E-state index contributed by atoms with van der Waals surface area (Å²) < 4.78 is 10.3. The Kier molecular flexibility index (Phi) is 4.21. The number of ether oxygens (including phenoxy) is 2. The molecule has 1 aromatic rings. The maximum Gasteiger partial charge on any atom is 0.256 e. The van der Waals surface area contributed by atoms with Crippen molar-refractivity contribution in [3.63, 3.8) is 0 Å². The van der Waals surface area contributed by atoms with Gasteiger partial charge < -0.3 is 25.8 Å². The molecule has 0 aliphatic carbocycles. The Bertz CT molecular complexity index is 574. The maximum atomic E-state index is 12.6. The van der Waals surface area contributed by atoms with Crippen molar-refractivity contribution in [3.05, 3.63) is 17.7 Å². The number of nitrogen functional groups attached to an aromatic ring is 1. The lowest BCUT2D eigenvalue weighted by molar-refractivity contribution is -0.121. The molecule has 1 atom stereocenters. The fraction of sp³-hybridized carbons (Fsp3) is 0.429. The van der Waals surface area contributed by atoms with Crippen molar-refractivity contribution in [3.8, 4) is 11.5 Å². The second-order valence-corrected chi connectivity index (χ2v) is 4.93. The van der Waals surface area contributed by atoms with E-state index in [4.69, 9.17) is 20.9 Å². The molecule has 1 aromatic carbocycles. The fourth-order valence-corrected chi connectivity index (χ4v) is 2.41. The average molecular weight is 293 g/mol. The van der Waals surface area contributed by atoms with Crippen LogP contribution in [0.25, 0.3) is 0 Å². The lowest BCUT2D eigenvalue weighted by Crippen LogP contribution is -2.32. The van der Waals surface area contributed by atoms with Gasteiger partial charge in [0.1, 0.15) is 11.5 Å². The van der Waals surface area contributed by atoms with Gasteiger partial charge in [-0.2, -0.15) is 0 Å². The number of nitrogens with two attached hydrogens (primary N) is 2. The van der Waals surface area contributed by atoms with Gasteiger partial charge in [-0.1, -0.05) is 0 Å². The molecule has 0 radical (unpaired) electrons. The van der Waals surface area contributed by atoms with Crippen LogP contribution in [0.3, 0.4) is 0 Å². The number of amides is 2. The minimum atomic E-state index is -0.388. The third-order valence-corrected chi connectivity index (χ3v) is 3.68. The van der Waals surface area contributed by atoms with Gasteiger partial charge in [0, 0.05) is 19.2 Å². The molecule has 1 unspecified atom stereocenters. The van der Waals surface area contributed by atoms with Crippen molar-refractivity contribution in [1.82, 2.24) is 4.90 Å². The van der Waals surface area contributed by atoms with E-state index in [1.807, 2.05) is 0 Å². The van der Waals surface area contributed by atoms with Crippen LogP contribution in [0.5, 0.6) is 11.5 Å². The molecule has 1 saturated heterocycles. The average Bonchev–Trinajstić information content (AvgIpc) is 2.97. The molecule has 1 aliphatic rings.